The van der Waals surface area contributed by atoms with E-state index < -0.39 is 0 Å². The summed E-state index contributed by atoms with van der Waals surface area (Å²) in [6.07, 6.45) is 0.880. The quantitative estimate of drug-likeness (QED) is 0.733. The molecule has 0 unspecified atom stereocenters. The minimum absolute atomic E-state index is 0.0846. The van der Waals surface area contributed by atoms with Gasteiger partial charge in [-0.15, -0.1) is 22.9 Å². The van der Waals surface area contributed by atoms with Gasteiger partial charge in [0.2, 0.25) is 0 Å². The highest BCUT2D eigenvalue weighted by molar-refractivity contribution is 7.12. The summed E-state index contributed by atoms with van der Waals surface area (Å²) in [4.78, 5) is 15.3. The van der Waals surface area contributed by atoms with Crippen molar-refractivity contribution in [3.8, 4) is 0 Å². The number of aryl methyl sites for hydroxylation is 1. The van der Waals surface area contributed by atoms with Crippen molar-refractivity contribution >= 4 is 28.8 Å². The van der Waals surface area contributed by atoms with Crippen LogP contribution < -0.4 is 0 Å². The second-order valence-corrected chi connectivity index (χ2v) is 5.82. The lowest BCUT2D eigenvalue weighted by atomic mass is 10.1. The van der Waals surface area contributed by atoms with E-state index in [1.54, 1.807) is 0 Å². The average Bonchev–Trinajstić information content (AvgIpc) is 2.95. The van der Waals surface area contributed by atoms with Crippen LogP contribution in [0.4, 0.5) is 0 Å². The summed E-state index contributed by atoms with van der Waals surface area (Å²) in [5.74, 6) is 0.534. The van der Waals surface area contributed by atoms with Gasteiger partial charge >= 0.3 is 0 Å². The van der Waals surface area contributed by atoms with Gasteiger partial charge in [0.15, 0.2) is 0 Å². The van der Waals surface area contributed by atoms with E-state index in [0.717, 1.165) is 22.4 Å². The van der Waals surface area contributed by atoms with E-state index in [9.17, 15) is 4.79 Å². The Bertz CT molecular complexity index is 553. The Labute approximate surface area is 129 Å². The first-order valence-corrected chi connectivity index (χ1v) is 8.13. The van der Waals surface area contributed by atoms with Crippen LogP contribution in [0.1, 0.15) is 27.7 Å². The number of carbonyl (C=O) groups is 1. The number of alkyl halides is 1. The molecule has 0 radical (unpaired) electrons. The summed E-state index contributed by atoms with van der Waals surface area (Å²) < 4.78 is 0. The van der Waals surface area contributed by atoms with E-state index in [1.807, 2.05) is 46.7 Å². The molecule has 0 atom stereocenters. The van der Waals surface area contributed by atoms with Crippen LogP contribution in [0.2, 0.25) is 0 Å². The van der Waals surface area contributed by atoms with Crippen LogP contribution in [0.25, 0.3) is 0 Å². The molecule has 0 aliphatic heterocycles. The van der Waals surface area contributed by atoms with Crippen LogP contribution in [0, 0.1) is 0 Å². The number of hydrogen-bond donors (Lipinski definition) is 0. The number of rotatable bonds is 6. The molecule has 0 aliphatic rings. The SMILES string of the molecule is CCc1ccsc1C(=O)N(CCCl)Cc1ccccc1. The number of halogens is 1. The molecule has 0 N–H and O–H groups in total. The normalized spacial score (nSPS) is 10.5. The Balaban J connectivity index is 2.18. The highest BCUT2D eigenvalue weighted by Gasteiger charge is 2.19. The van der Waals surface area contributed by atoms with E-state index in [0.29, 0.717) is 19.0 Å². The lowest BCUT2D eigenvalue weighted by Crippen LogP contribution is -2.32. The zero-order valence-electron chi connectivity index (χ0n) is 11.5. The van der Waals surface area contributed by atoms with Gasteiger partial charge in [0.1, 0.15) is 0 Å². The van der Waals surface area contributed by atoms with Crippen LogP contribution in [-0.2, 0) is 13.0 Å². The molecule has 4 heteroatoms. The van der Waals surface area contributed by atoms with Gasteiger partial charge in [0, 0.05) is 19.0 Å². The predicted molar refractivity (Wildman–Crippen MR) is 85.6 cm³/mol. The smallest absolute Gasteiger partial charge is 0.264 e. The van der Waals surface area contributed by atoms with E-state index in [-0.39, 0.29) is 5.91 Å². The first-order chi connectivity index (χ1) is 9.76. The van der Waals surface area contributed by atoms with Gasteiger partial charge in [-0.1, -0.05) is 37.3 Å². The maximum atomic E-state index is 12.7. The van der Waals surface area contributed by atoms with Gasteiger partial charge in [-0.2, -0.15) is 0 Å². The summed E-state index contributed by atoms with van der Waals surface area (Å²) in [5, 5.41) is 1.98. The van der Waals surface area contributed by atoms with Crippen LogP contribution >= 0.6 is 22.9 Å². The van der Waals surface area contributed by atoms with Crippen LogP contribution in [0.5, 0.6) is 0 Å². The molecule has 2 rings (SSSR count). The number of benzene rings is 1. The molecule has 1 aromatic heterocycles. The first-order valence-electron chi connectivity index (χ1n) is 6.71. The molecule has 0 bridgehead atoms. The summed E-state index contributed by atoms with van der Waals surface area (Å²) in [5.41, 5.74) is 2.24. The lowest BCUT2D eigenvalue weighted by Gasteiger charge is -2.21. The summed E-state index contributed by atoms with van der Waals surface area (Å²) >= 11 is 7.36. The Morgan fingerprint density at radius 2 is 2.00 bits per heavy atom. The topological polar surface area (TPSA) is 20.3 Å². The third kappa shape index (κ3) is 3.62. The molecule has 0 saturated heterocycles. The highest BCUT2D eigenvalue weighted by Crippen LogP contribution is 2.20. The van der Waals surface area contributed by atoms with Crippen molar-refractivity contribution in [2.24, 2.45) is 0 Å². The summed E-state index contributed by atoms with van der Waals surface area (Å²) in [6, 6.07) is 12.0. The molecule has 0 saturated carbocycles. The molecule has 20 heavy (non-hydrogen) atoms. The van der Waals surface area contributed by atoms with Crippen molar-refractivity contribution < 1.29 is 4.79 Å². The monoisotopic (exact) mass is 307 g/mol. The first kappa shape index (κ1) is 15.1. The predicted octanol–water partition coefficient (Wildman–Crippen LogP) is 4.19. The summed E-state index contributed by atoms with van der Waals surface area (Å²) in [7, 11) is 0. The van der Waals surface area contributed by atoms with Gasteiger partial charge in [0.05, 0.1) is 4.88 Å². The van der Waals surface area contributed by atoms with Gasteiger partial charge in [-0.25, -0.2) is 0 Å². The number of thiophene rings is 1. The molecule has 1 amide bonds. The molecule has 0 fully saturated rings. The highest BCUT2D eigenvalue weighted by atomic mass is 35.5. The summed E-state index contributed by atoms with van der Waals surface area (Å²) in [6.45, 7) is 3.24. The lowest BCUT2D eigenvalue weighted by molar-refractivity contribution is 0.0757. The number of amides is 1. The maximum Gasteiger partial charge on any atom is 0.264 e. The third-order valence-corrected chi connectivity index (χ3v) is 4.29. The largest absolute Gasteiger partial charge is 0.332 e. The Morgan fingerprint density at radius 1 is 1.25 bits per heavy atom. The van der Waals surface area contributed by atoms with Crippen LogP contribution in [0.3, 0.4) is 0 Å². The molecular weight excluding hydrogens is 290 g/mol. The van der Waals surface area contributed by atoms with Crippen molar-refractivity contribution in [3.63, 3.8) is 0 Å². The van der Waals surface area contributed by atoms with Crippen molar-refractivity contribution in [2.45, 2.75) is 19.9 Å². The van der Waals surface area contributed by atoms with E-state index in [4.69, 9.17) is 11.6 Å². The van der Waals surface area contributed by atoms with Crippen molar-refractivity contribution in [1.29, 1.82) is 0 Å². The minimum Gasteiger partial charge on any atom is -0.332 e. The van der Waals surface area contributed by atoms with Gasteiger partial charge in [-0.05, 0) is 29.0 Å². The zero-order valence-corrected chi connectivity index (χ0v) is 13.1. The number of nitrogens with zero attached hydrogens (tertiary/aromatic N) is 1. The fourth-order valence-electron chi connectivity index (χ4n) is 2.10. The standard InChI is InChI=1S/C16H18ClNOS/c1-2-14-8-11-20-15(14)16(19)18(10-9-17)12-13-6-4-3-5-7-13/h3-8,11H,2,9-10,12H2,1H3. The Kier molecular flexibility index (Phi) is 5.62. The van der Waals surface area contributed by atoms with Crippen LogP contribution in [-0.4, -0.2) is 23.2 Å². The van der Waals surface area contributed by atoms with E-state index in [1.165, 1.54) is 11.3 Å². The fraction of sp³-hybridized carbons (Fsp3) is 0.312. The van der Waals surface area contributed by atoms with Gasteiger partial charge < -0.3 is 4.90 Å². The third-order valence-electron chi connectivity index (χ3n) is 3.18. The maximum absolute atomic E-state index is 12.7. The van der Waals surface area contributed by atoms with Crippen molar-refractivity contribution in [1.82, 2.24) is 4.90 Å². The Hall–Kier alpha value is -1.32. The van der Waals surface area contributed by atoms with Crippen molar-refractivity contribution in [3.05, 3.63) is 57.8 Å². The van der Waals surface area contributed by atoms with Crippen LogP contribution in [0.15, 0.2) is 41.8 Å². The molecular formula is C16H18ClNOS. The second kappa shape index (κ2) is 7.46. The zero-order chi connectivity index (χ0) is 14.4. The van der Waals surface area contributed by atoms with E-state index >= 15 is 0 Å². The Morgan fingerprint density at radius 3 is 2.65 bits per heavy atom. The van der Waals surface area contributed by atoms with Gasteiger partial charge in [0.25, 0.3) is 5.91 Å². The molecule has 0 spiro atoms. The molecule has 1 heterocycles. The van der Waals surface area contributed by atoms with Gasteiger partial charge in [-0.3, -0.25) is 4.79 Å². The molecule has 2 aromatic rings. The average molecular weight is 308 g/mol. The molecule has 1 aromatic carbocycles. The second-order valence-electron chi connectivity index (χ2n) is 4.53. The minimum atomic E-state index is 0.0846. The molecule has 106 valence electrons. The fourth-order valence-corrected chi connectivity index (χ4v) is 3.27. The van der Waals surface area contributed by atoms with E-state index in [2.05, 4.69) is 6.92 Å². The number of hydrogen-bond acceptors (Lipinski definition) is 2. The molecule has 2 nitrogen and oxygen atoms in total. The molecule has 0 aliphatic carbocycles. The number of carbonyl (C=O) groups excluding carboxylic acids is 1. The van der Waals surface area contributed by atoms with Crippen molar-refractivity contribution in [2.75, 3.05) is 12.4 Å².